The number of nitrogens with zero attached hydrogens (tertiary/aromatic N) is 2. The molecule has 1 aromatic rings. The lowest BCUT2D eigenvalue weighted by Gasteiger charge is -2.28. The molecule has 2 N–H and O–H groups in total. The van der Waals surface area contributed by atoms with Gasteiger partial charge >= 0.3 is 0 Å². The summed E-state index contributed by atoms with van der Waals surface area (Å²) >= 11 is 0. The molecule has 1 aliphatic carbocycles. The quantitative estimate of drug-likeness (QED) is 0.809. The van der Waals surface area contributed by atoms with E-state index in [1.54, 1.807) is 6.20 Å². The Hall–Kier alpha value is -1.49. The van der Waals surface area contributed by atoms with E-state index in [9.17, 15) is 4.79 Å². The number of hydrogen-bond donors (Lipinski definition) is 2. The second kappa shape index (κ2) is 5.72. The number of amides is 1. The lowest BCUT2D eigenvalue weighted by Crippen LogP contribution is -2.41. The van der Waals surface area contributed by atoms with Gasteiger partial charge in [-0.2, -0.15) is 0 Å². The summed E-state index contributed by atoms with van der Waals surface area (Å²) in [6.07, 6.45) is 8.87. The predicted molar refractivity (Wildman–Crippen MR) is 64.6 cm³/mol. The van der Waals surface area contributed by atoms with Crippen molar-refractivity contribution in [2.24, 2.45) is 0 Å². The molecule has 0 saturated heterocycles. The molecule has 92 valence electrons. The molecule has 5 heteroatoms. The Morgan fingerprint density at radius 3 is 2.53 bits per heavy atom. The number of rotatable bonds is 3. The number of carbonyl (C=O) groups is 1. The van der Waals surface area contributed by atoms with Gasteiger partial charge in [0.05, 0.1) is 6.20 Å². The lowest BCUT2D eigenvalue weighted by atomic mass is 9.91. The van der Waals surface area contributed by atoms with Gasteiger partial charge in [-0.1, -0.05) is 0 Å². The highest BCUT2D eigenvalue weighted by Gasteiger charge is 2.21. The Balaban J connectivity index is 1.84. The SMILES string of the molecule is CNC1CCC(NC(=O)c2cnccn2)CC1. The normalized spacial score (nSPS) is 24.3. The standard InChI is InChI=1S/C12H18N4O/c1-13-9-2-4-10(5-3-9)16-12(17)11-8-14-6-7-15-11/h6-10,13H,2-5H2,1H3,(H,16,17). The van der Waals surface area contributed by atoms with Crippen molar-refractivity contribution in [1.82, 2.24) is 20.6 Å². The van der Waals surface area contributed by atoms with Gasteiger partial charge < -0.3 is 10.6 Å². The van der Waals surface area contributed by atoms with E-state index in [0.717, 1.165) is 25.7 Å². The zero-order chi connectivity index (χ0) is 12.1. The van der Waals surface area contributed by atoms with Crippen molar-refractivity contribution in [3.8, 4) is 0 Å². The fourth-order valence-electron chi connectivity index (χ4n) is 2.20. The second-order valence-corrected chi connectivity index (χ2v) is 4.40. The maximum atomic E-state index is 11.8. The molecule has 1 aliphatic rings. The average molecular weight is 234 g/mol. The summed E-state index contributed by atoms with van der Waals surface area (Å²) in [5, 5.41) is 6.28. The topological polar surface area (TPSA) is 66.9 Å². The Kier molecular flexibility index (Phi) is 4.03. The minimum Gasteiger partial charge on any atom is -0.348 e. The van der Waals surface area contributed by atoms with Crippen LogP contribution in [0.4, 0.5) is 0 Å². The molecule has 1 fully saturated rings. The summed E-state index contributed by atoms with van der Waals surface area (Å²) < 4.78 is 0. The maximum absolute atomic E-state index is 11.8. The molecule has 0 aliphatic heterocycles. The van der Waals surface area contributed by atoms with Crippen molar-refractivity contribution in [1.29, 1.82) is 0 Å². The third-order valence-electron chi connectivity index (χ3n) is 3.27. The highest BCUT2D eigenvalue weighted by Crippen LogP contribution is 2.18. The molecule has 0 spiro atoms. The van der Waals surface area contributed by atoms with Gasteiger partial charge in [-0.3, -0.25) is 9.78 Å². The molecule has 0 atom stereocenters. The van der Waals surface area contributed by atoms with Crippen molar-refractivity contribution in [2.45, 2.75) is 37.8 Å². The average Bonchev–Trinajstić information content (AvgIpc) is 2.40. The predicted octanol–water partition coefficient (Wildman–Crippen LogP) is 0.737. The largest absolute Gasteiger partial charge is 0.348 e. The summed E-state index contributed by atoms with van der Waals surface area (Å²) in [6.45, 7) is 0. The van der Waals surface area contributed by atoms with Crippen LogP contribution in [0.1, 0.15) is 36.2 Å². The molecule has 1 aromatic heterocycles. The molecule has 0 bridgehead atoms. The van der Waals surface area contributed by atoms with Crippen molar-refractivity contribution in [3.63, 3.8) is 0 Å². The van der Waals surface area contributed by atoms with E-state index < -0.39 is 0 Å². The molecule has 2 rings (SSSR count). The Bertz CT molecular complexity index is 360. The van der Waals surface area contributed by atoms with Crippen molar-refractivity contribution < 1.29 is 4.79 Å². The summed E-state index contributed by atoms with van der Waals surface area (Å²) in [4.78, 5) is 19.7. The molecule has 5 nitrogen and oxygen atoms in total. The fourth-order valence-corrected chi connectivity index (χ4v) is 2.20. The highest BCUT2D eigenvalue weighted by atomic mass is 16.1. The molecule has 1 amide bonds. The fraction of sp³-hybridized carbons (Fsp3) is 0.583. The molecular formula is C12H18N4O. The molecule has 17 heavy (non-hydrogen) atoms. The van der Waals surface area contributed by atoms with Crippen molar-refractivity contribution in [2.75, 3.05) is 7.05 Å². The van der Waals surface area contributed by atoms with Gasteiger partial charge in [0, 0.05) is 24.5 Å². The van der Waals surface area contributed by atoms with Gasteiger partial charge in [0.25, 0.3) is 5.91 Å². The van der Waals surface area contributed by atoms with E-state index >= 15 is 0 Å². The van der Waals surface area contributed by atoms with E-state index in [1.165, 1.54) is 12.4 Å². The van der Waals surface area contributed by atoms with Crippen LogP contribution in [-0.4, -0.2) is 35.0 Å². The zero-order valence-corrected chi connectivity index (χ0v) is 10.0. The van der Waals surface area contributed by atoms with Crippen LogP contribution in [0.2, 0.25) is 0 Å². The molecular weight excluding hydrogens is 216 g/mol. The second-order valence-electron chi connectivity index (χ2n) is 4.40. The van der Waals surface area contributed by atoms with E-state index in [-0.39, 0.29) is 11.9 Å². The number of hydrogen-bond acceptors (Lipinski definition) is 4. The van der Waals surface area contributed by atoms with Gasteiger partial charge in [-0.25, -0.2) is 4.98 Å². The minimum absolute atomic E-state index is 0.119. The van der Waals surface area contributed by atoms with Crippen molar-refractivity contribution in [3.05, 3.63) is 24.3 Å². The van der Waals surface area contributed by atoms with Gasteiger partial charge in [-0.05, 0) is 32.7 Å². The smallest absolute Gasteiger partial charge is 0.271 e. The zero-order valence-electron chi connectivity index (χ0n) is 10.0. The maximum Gasteiger partial charge on any atom is 0.271 e. The molecule has 1 saturated carbocycles. The van der Waals surface area contributed by atoms with Crippen LogP contribution >= 0.6 is 0 Å². The van der Waals surface area contributed by atoms with Gasteiger partial charge in [-0.15, -0.1) is 0 Å². The number of aromatic nitrogens is 2. The van der Waals surface area contributed by atoms with Crippen LogP contribution in [0, 0.1) is 0 Å². The first kappa shape index (κ1) is 12.0. The minimum atomic E-state index is -0.119. The Morgan fingerprint density at radius 1 is 1.24 bits per heavy atom. The first-order valence-electron chi connectivity index (χ1n) is 6.03. The van der Waals surface area contributed by atoms with Crippen LogP contribution in [0.3, 0.4) is 0 Å². The summed E-state index contributed by atoms with van der Waals surface area (Å²) in [5.74, 6) is -0.119. The summed E-state index contributed by atoms with van der Waals surface area (Å²) in [5.41, 5.74) is 0.392. The first-order valence-corrected chi connectivity index (χ1v) is 6.03. The van der Waals surface area contributed by atoms with E-state index in [1.807, 2.05) is 7.05 Å². The van der Waals surface area contributed by atoms with Crippen LogP contribution in [0.25, 0.3) is 0 Å². The molecule has 1 heterocycles. The van der Waals surface area contributed by atoms with E-state index in [0.29, 0.717) is 11.7 Å². The van der Waals surface area contributed by atoms with Crippen LogP contribution in [0.5, 0.6) is 0 Å². The first-order chi connectivity index (χ1) is 8.29. The van der Waals surface area contributed by atoms with Gasteiger partial charge in [0.1, 0.15) is 5.69 Å². The molecule has 0 radical (unpaired) electrons. The van der Waals surface area contributed by atoms with Crippen LogP contribution < -0.4 is 10.6 Å². The van der Waals surface area contributed by atoms with Crippen molar-refractivity contribution >= 4 is 5.91 Å². The van der Waals surface area contributed by atoms with E-state index in [2.05, 4.69) is 20.6 Å². The number of nitrogens with one attached hydrogen (secondary N) is 2. The monoisotopic (exact) mass is 234 g/mol. The summed E-state index contributed by atoms with van der Waals surface area (Å²) in [7, 11) is 1.99. The Labute approximate surface area is 101 Å². The lowest BCUT2D eigenvalue weighted by molar-refractivity contribution is 0.0919. The van der Waals surface area contributed by atoms with Crippen LogP contribution in [-0.2, 0) is 0 Å². The molecule has 0 aromatic carbocycles. The highest BCUT2D eigenvalue weighted by molar-refractivity contribution is 5.92. The van der Waals surface area contributed by atoms with Gasteiger partial charge in [0.15, 0.2) is 0 Å². The third-order valence-corrected chi connectivity index (χ3v) is 3.27. The van der Waals surface area contributed by atoms with Gasteiger partial charge in [0.2, 0.25) is 0 Å². The summed E-state index contributed by atoms with van der Waals surface area (Å²) in [6, 6.07) is 0.869. The van der Waals surface area contributed by atoms with E-state index in [4.69, 9.17) is 0 Å². The third kappa shape index (κ3) is 3.23. The Morgan fingerprint density at radius 2 is 1.94 bits per heavy atom. The number of carbonyl (C=O) groups excluding carboxylic acids is 1. The van der Waals surface area contributed by atoms with Crippen LogP contribution in [0.15, 0.2) is 18.6 Å². The molecule has 0 unspecified atom stereocenters.